The van der Waals surface area contributed by atoms with Crippen LogP contribution in [0.25, 0.3) is 0 Å². The number of benzene rings is 1. The molecule has 0 saturated carbocycles. The zero-order chi connectivity index (χ0) is 11.5. The zero-order valence-corrected chi connectivity index (χ0v) is 9.10. The maximum absolute atomic E-state index is 11.2. The van der Waals surface area contributed by atoms with Gasteiger partial charge in [0.05, 0.1) is 5.92 Å². The molecule has 16 heavy (non-hydrogen) atoms. The predicted octanol–water partition coefficient (Wildman–Crippen LogP) is 1.86. The maximum Gasteiger partial charge on any atom is 0.312 e. The topological polar surface area (TPSA) is 40.5 Å². The first-order valence-corrected chi connectivity index (χ1v) is 5.36. The van der Waals surface area contributed by atoms with E-state index in [4.69, 9.17) is 0 Å². The first-order chi connectivity index (χ1) is 7.72. The first kappa shape index (κ1) is 10.9. The molecule has 0 bridgehead atoms. The van der Waals surface area contributed by atoms with E-state index >= 15 is 0 Å². The highest BCUT2D eigenvalue weighted by Crippen LogP contribution is 2.28. The lowest BCUT2D eigenvalue weighted by Gasteiger charge is -2.31. The molecule has 2 rings (SSSR count). The Morgan fingerprint density at radius 3 is 3.00 bits per heavy atom. The van der Waals surface area contributed by atoms with E-state index in [1.54, 1.807) is 0 Å². The SMILES string of the molecule is C=CCN1Cc2ccccc2C(C(=O)O)C1. The second kappa shape index (κ2) is 4.49. The average Bonchev–Trinajstić information content (AvgIpc) is 2.28. The largest absolute Gasteiger partial charge is 0.481 e. The number of fused-ring (bicyclic) bond motifs is 1. The van der Waals surface area contributed by atoms with E-state index in [2.05, 4.69) is 11.5 Å². The van der Waals surface area contributed by atoms with E-state index in [1.165, 1.54) is 0 Å². The molecule has 1 aromatic carbocycles. The highest BCUT2D eigenvalue weighted by atomic mass is 16.4. The summed E-state index contributed by atoms with van der Waals surface area (Å²) in [5.41, 5.74) is 2.07. The molecule has 1 aromatic rings. The van der Waals surface area contributed by atoms with Crippen molar-refractivity contribution in [2.75, 3.05) is 13.1 Å². The maximum atomic E-state index is 11.2. The summed E-state index contributed by atoms with van der Waals surface area (Å²) in [6.07, 6.45) is 1.81. The molecular weight excluding hydrogens is 202 g/mol. The van der Waals surface area contributed by atoms with Gasteiger partial charge in [-0.05, 0) is 11.1 Å². The third-order valence-electron chi connectivity index (χ3n) is 2.95. The van der Waals surface area contributed by atoms with Crippen molar-refractivity contribution in [1.29, 1.82) is 0 Å². The van der Waals surface area contributed by atoms with Gasteiger partial charge in [0.1, 0.15) is 0 Å². The number of nitrogens with zero attached hydrogens (tertiary/aromatic N) is 1. The van der Waals surface area contributed by atoms with Crippen molar-refractivity contribution < 1.29 is 9.90 Å². The van der Waals surface area contributed by atoms with Crippen LogP contribution in [-0.4, -0.2) is 29.1 Å². The van der Waals surface area contributed by atoms with Gasteiger partial charge in [0.25, 0.3) is 0 Å². The molecule has 3 nitrogen and oxygen atoms in total. The molecule has 1 N–H and O–H groups in total. The quantitative estimate of drug-likeness (QED) is 0.785. The van der Waals surface area contributed by atoms with Crippen molar-refractivity contribution in [2.45, 2.75) is 12.5 Å². The summed E-state index contributed by atoms with van der Waals surface area (Å²) in [7, 11) is 0. The van der Waals surface area contributed by atoms with Crippen molar-refractivity contribution >= 4 is 5.97 Å². The molecule has 1 aliphatic heterocycles. The van der Waals surface area contributed by atoms with Crippen molar-refractivity contribution in [3.8, 4) is 0 Å². The Kier molecular flexibility index (Phi) is 3.06. The Bertz CT molecular complexity index is 414. The molecule has 0 aromatic heterocycles. The van der Waals surface area contributed by atoms with E-state index in [-0.39, 0.29) is 0 Å². The second-order valence-electron chi connectivity index (χ2n) is 4.07. The Morgan fingerprint density at radius 1 is 1.56 bits per heavy atom. The molecule has 1 atom stereocenters. The Morgan fingerprint density at radius 2 is 2.31 bits per heavy atom. The van der Waals surface area contributed by atoms with E-state index < -0.39 is 11.9 Å². The van der Waals surface area contributed by atoms with Gasteiger partial charge in [-0.3, -0.25) is 9.69 Å². The summed E-state index contributed by atoms with van der Waals surface area (Å²) in [5.74, 6) is -1.16. The summed E-state index contributed by atoms with van der Waals surface area (Å²) in [6.45, 7) is 5.81. The van der Waals surface area contributed by atoms with Gasteiger partial charge < -0.3 is 5.11 Å². The van der Waals surface area contributed by atoms with Crippen molar-refractivity contribution in [3.05, 3.63) is 48.0 Å². The van der Waals surface area contributed by atoms with Crippen LogP contribution < -0.4 is 0 Å². The highest BCUT2D eigenvalue weighted by Gasteiger charge is 2.29. The predicted molar refractivity (Wildman–Crippen MR) is 62.3 cm³/mol. The van der Waals surface area contributed by atoms with Crippen molar-refractivity contribution in [1.82, 2.24) is 4.90 Å². The van der Waals surface area contributed by atoms with Crippen LogP contribution in [0.3, 0.4) is 0 Å². The minimum Gasteiger partial charge on any atom is -0.481 e. The van der Waals surface area contributed by atoms with Crippen LogP contribution in [0.5, 0.6) is 0 Å². The molecule has 84 valence electrons. The molecule has 1 aliphatic rings. The average molecular weight is 217 g/mol. The van der Waals surface area contributed by atoms with E-state index in [0.29, 0.717) is 6.54 Å². The lowest BCUT2D eigenvalue weighted by Crippen LogP contribution is -2.36. The molecule has 0 fully saturated rings. The number of carboxylic acid groups (broad SMARTS) is 1. The molecule has 3 heteroatoms. The third kappa shape index (κ3) is 1.99. The van der Waals surface area contributed by atoms with Crippen LogP contribution in [0.15, 0.2) is 36.9 Å². The normalized spacial score (nSPS) is 20.1. The fourth-order valence-electron chi connectivity index (χ4n) is 2.21. The minimum absolute atomic E-state index is 0.412. The molecule has 1 unspecified atom stereocenters. The molecule has 0 aliphatic carbocycles. The van der Waals surface area contributed by atoms with Crippen LogP contribution >= 0.6 is 0 Å². The van der Waals surface area contributed by atoms with E-state index in [0.717, 1.165) is 24.2 Å². The van der Waals surface area contributed by atoms with Gasteiger partial charge in [-0.1, -0.05) is 30.3 Å². The minimum atomic E-state index is -0.749. The van der Waals surface area contributed by atoms with E-state index in [9.17, 15) is 9.90 Å². The van der Waals surface area contributed by atoms with Gasteiger partial charge >= 0.3 is 5.97 Å². The Labute approximate surface area is 95.0 Å². The fraction of sp³-hybridized carbons (Fsp3) is 0.308. The van der Waals surface area contributed by atoms with Crippen LogP contribution in [0.4, 0.5) is 0 Å². The molecule has 1 heterocycles. The van der Waals surface area contributed by atoms with Gasteiger partial charge in [0, 0.05) is 19.6 Å². The third-order valence-corrected chi connectivity index (χ3v) is 2.95. The summed E-state index contributed by atoms with van der Waals surface area (Å²) in [6, 6.07) is 7.77. The highest BCUT2D eigenvalue weighted by molar-refractivity contribution is 5.77. The Hall–Kier alpha value is -1.61. The summed E-state index contributed by atoms with van der Waals surface area (Å²) < 4.78 is 0. The number of carboxylic acids is 1. The monoisotopic (exact) mass is 217 g/mol. The number of rotatable bonds is 3. The van der Waals surface area contributed by atoms with E-state index in [1.807, 2.05) is 30.3 Å². The van der Waals surface area contributed by atoms with Gasteiger partial charge in [0.15, 0.2) is 0 Å². The van der Waals surface area contributed by atoms with Crippen molar-refractivity contribution in [3.63, 3.8) is 0 Å². The number of aliphatic carboxylic acids is 1. The van der Waals surface area contributed by atoms with Gasteiger partial charge in [0.2, 0.25) is 0 Å². The molecule has 0 saturated heterocycles. The zero-order valence-electron chi connectivity index (χ0n) is 9.10. The van der Waals surface area contributed by atoms with Gasteiger partial charge in [-0.2, -0.15) is 0 Å². The summed E-state index contributed by atoms with van der Waals surface area (Å²) in [4.78, 5) is 13.3. The fourth-order valence-corrected chi connectivity index (χ4v) is 2.21. The Balaban J connectivity index is 2.33. The van der Waals surface area contributed by atoms with Crippen LogP contribution in [-0.2, 0) is 11.3 Å². The summed E-state index contributed by atoms with van der Waals surface area (Å²) in [5, 5.41) is 9.22. The van der Waals surface area contributed by atoms with Gasteiger partial charge in [-0.25, -0.2) is 0 Å². The smallest absolute Gasteiger partial charge is 0.312 e. The van der Waals surface area contributed by atoms with Crippen molar-refractivity contribution in [2.24, 2.45) is 0 Å². The van der Waals surface area contributed by atoms with Gasteiger partial charge in [-0.15, -0.1) is 6.58 Å². The number of hydrogen-bond acceptors (Lipinski definition) is 2. The first-order valence-electron chi connectivity index (χ1n) is 5.36. The number of hydrogen-bond donors (Lipinski definition) is 1. The van der Waals surface area contributed by atoms with Crippen LogP contribution in [0, 0.1) is 0 Å². The van der Waals surface area contributed by atoms with Crippen LogP contribution in [0.1, 0.15) is 17.0 Å². The summed E-state index contributed by atoms with van der Waals surface area (Å²) >= 11 is 0. The lowest BCUT2D eigenvalue weighted by atomic mass is 9.90. The lowest BCUT2D eigenvalue weighted by molar-refractivity contribution is -0.139. The number of carbonyl (C=O) groups is 1. The standard InChI is InChI=1S/C13H15NO2/c1-2-7-14-8-10-5-3-4-6-11(10)12(9-14)13(15)16/h2-6,12H,1,7-9H2,(H,15,16). The molecule has 0 amide bonds. The molecule has 0 radical (unpaired) electrons. The van der Waals surface area contributed by atoms with Crippen LogP contribution in [0.2, 0.25) is 0 Å². The second-order valence-corrected chi connectivity index (χ2v) is 4.07. The molecule has 0 spiro atoms. The molecular formula is C13H15NO2.